The third-order valence-corrected chi connectivity index (χ3v) is 4.43. The monoisotopic (exact) mass is 429 g/mol. The number of hydrogen-bond donors (Lipinski definition) is 3. The summed E-state index contributed by atoms with van der Waals surface area (Å²) >= 11 is 6.35. The maximum Gasteiger partial charge on any atom is 0.246 e. The smallest absolute Gasteiger partial charge is 0.246 e. The Balaban J connectivity index is 1.52. The van der Waals surface area contributed by atoms with Crippen LogP contribution in [-0.4, -0.2) is 38.5 Å². The summed E-state index contributed by atoms with van der Waals surface area (Å²) in [6.07, 6.45) is 1.39. The zero-order chi connectivity index (χ0) is 20.9. The second kappa shape index (κ2) is 8.93. The van der Waals surface area contributed by atoms with Crippen LogP contribution < -0.4 is 14.8 Å². The Morgan fingerprint density at radius 3 is 2.83 bits per heavy atom. The van der Waals surface area contributed by atoms with E-state index in [1.807, 2.05) is 0 Å². The van der Waals surface area contributed by atoms with E-state index < -0.39 is 0 Å². The number of aromatic nitrogens is 4. The number of aromatic amines is 1. The highest BCUT2D eigenvalue weighted by Crippen LogP contribution is 2.33. The number of ether oxygens (including phenoxy) is 2. The summed E-state index contributed by atoms with van der Waals surface area (Å²) in [5, 5.41) is 19.9. The summed E-state index contributed by atoms with van der Waals surface area (Å²) in [7, 11) is 0. The quantitative estimate of drug-likeness (QED) is 0.391. The van der Waals surface area contributed by atoms with Gasteiger partial charge in [-0.15, -0.1) is 5.10 Å². The van der Waals surface area contributed by atoms with Crippen molar-refractivity contribution in [3.05, 3.63) is 65.2 Å². The fourth-order valence-corrected chi connectivity index (χ4v) is 3.03. The number of nitrogens with zero attached hydrogens (tertiary/aromatic N) is 3. The Labute approximate surface area is 175 Å². The van der Waals surface area contributed by atoms with Crippen molar-refractivity contribution in [2.24, 2.45) is 0 Å². The van der Waals surface area contributed by atoms with Gasteiger partial charge in [-0.1, -0.05) is 23.7 Å². The third kappa shape index (κ3) is 4.42. The number of aliphatic hydroxyl groups excluding tert-OH is 1. The molecule has 0 amide bonds. The normalized spacial score (nSPS) is 10.9. The fourth-order valence-electron chi connectivity index (χ4n) is 2.79. The number of aliphatic hydroxyl groups is 1. The summed E-state index contributed by atoms with van der Waals surface area (Å²) in [6.45, 7) is 0.145. The molecule has 10 heteroatoms. The molecule has 4 rings (SSSR count). The van der Waals surface area contributed by atoms with Gasteiger partial charge in [-0.25, -0.2) is 14.4 Å². The maximum atomic E-state index is 13.3. The zero-order valence-electron chi connectivity index (χ0n) is 15.6. The number of hydrogen-bond acceptors (Lipinski definition) is 7. The number of rotatable bonds is 8. The highest BCUT2D eigenvalue weighted by molar-refractivity contribution is 6.32. The molecule has 0 bridgehead atoms. The van der Waals surface area contributed by atoms with Gasteiger partial charge in [0.15, 0.2) is 5.65 Å². The Morgan fingerprint density at radius 1 is 1.13 bits per heavy atom. The Kier molecular flexibility index (Phi) is 5.92. The summed E-state index contributed by atoms with van der Waals surface area (Å²) in [5.74, 6) is 0.892. The molecule has 0 aliphatic heterocycles. The van der Waals surface area contributed by atoms with Crippen molar-refractivity contribution in [2.75, 3.05) is 18.5 Å². The van der Waals surface area contributed by atoms with E-state index in [0.717, 1.165) is 0 Å². The first-order valence-corrected chi connectivity index (χ1v) is 9.38. The van der Waals surface area contributed by atoms with Gasteiger partial charge in [-0.2, -0.15) is 0 Å². The lowest BCUT2D eigenvalue weighted by Gasteiger charge is -2.11. The van der Waals surface area contributed by atoms with E-state index in [9.17, 15) is 4.39 Å². The van der Waals surface area contributed by atoms with Crippen molar-refractivity contribution in [3.8, 4) is 11.6 Å². The summed E-state index contributed by atoms with van der Waals surface area (Å²) in [4.78, 5) is 8.36. The molecule has 0 unspecified atom stereocenters. The Hall–Kier alpha value is -3.43. The first-order valence-electron chi connectivity index (χ1n) is 9.00. The van der Waals surface area contributed by atoms with Gasteiger partial charge in [0.25, 0.3) is 0 Å². The van der Waals surface area contributed by atoms with Crippen LogP contribution in [0, 0.1) is 5.82 Å². The molecule has 0 fully saturated rings. The lowest BCUT2D eigenvalue weighted by molar-refractivity contribution is 0.198. The summed E-state index contributed by atoms with van der Waals surface area (Å²) in [5.41, 5.74) is 1.85. The van der Waals surface area contributed by atoms with Gasteiger partial charge in [0.2, 0.25) is 5.88 Å². The molecule has 0 radical (unpaired) electrons. The minimum atomic E-state index is -0.320. The van der Waals surface area contributed by atoms with E-state index in [1.54, 1.807) is 30.3 Å². The van der Waals surface area contributed by atoms with E-state index in [2.05, 4.69) is 25.5 Å². The molecule has 0 saturated carbocycles. The molecule has 2 aromatic heterocycles. The molecule has 4 aromatic rings. The second-order valence-corrected chi connectivity index (χ2v) is 6.64. The van der Waals surface area contributed by atoms with Gasteiger partial charge in [0.1, 0.15) is 42.3 Å². The number of H-pyrrole nitrogens is 1. The molecule has 0 spiro atoms. The van der Waals surface area contributed by atoms with E-state index in [4.69, 9.17) is 26.2 Å². The van der Waals surface area contributed by atoms with Gasteiger partial charge >= 0.3 is 0 Å². The molecule has 2 heterocycles. The molecule has 154 valence electrons. The zero-order valence-corrected chi connectivity index (χ0v) is 16.4. The number of nitrogens with one attached hydrogen (secondary N) is 2. The molecule has 2 aromatic carbocycles. The van der Waals surface area contributed by atoms with Crippen molar-refractivity contribution in [2.45, 2.75) is 6.61 Å². The van der Waals surface area contributed by atoms with Gasteiger partial charge in [-0.05, 0) is 35.9 Å². The van der Waals surface area contributed by atoms with Crippen molar-refractivity contribution in [1.82, 2.24) is 20.2 Å². The molecular weight excluding hydrogens is 413 g/mol. The molecular formula is C20H17ClFN5O3. The van der Waals surface area contributed by atoms with Crippen LogP contribution in [0.5, 0.6) is 11.6 Å². The average molecular weight is 430 g/mol. The highest BCUT2D eigenvalue weighted by atomic mass is 35.5. The van der Waals surface area contributed by atoms with Crippen LogP contribution in [0.15, 0.2) is 48.8 Å². The molecule has 0 aliphatic rings. The fraction of sp³-hybridized carbons (Fsp3) is 0.150. The molecule has 8 nitrogen and oxygen atoms in total. The number of halogens is 2. The number of fused-ring (bicyclic) bond motifs is 1. The van der Waals surface area contributed by atoms with E-state index in [0.29, 0.717) is 38.9 Å². The molecule has 0 saturated heterocycles. The van der Waals surface area contributed by atoms with Gasteiger partial charge in [0.05, 0.1) is 11.6 Å². The van der Waals surface area contributed by atoms with Crippen LogP contribution in [-0.2, 0) is 6.61 Å². The minimum Gasteiger partial charge on any atom is -0.487 e. The third-order valence-electron chi connectivity index (χ3n) is 4.13. The second-order valence-electron chi connectivity index (χ2n) is 6.24. The van der Waals surface area contributed by atoms with Crippen LogP contribution in [0.4, 0.5) is 15.9 Å². The molecule has 0 atom stereocenters. The first kappa shape index (κ1) is 19.9. The van der Waals surface area contributed by atoms with Crippen molar-refractivity contribution >= 4 is 34.1 Å². The lowest BCUT2D eigenvalue weighted by Crippen LogP contribution is -2.03. The van der Waals surface area contributed by atoms with Crippen LogP contribution in [0.25, 0.3) is 11.0 Å². The molecule has 30 heavy (non-hydrogen) atoms. The molecule has 3 N–H and O–H groups in total. The highest BCUT2D eigenvalue weighted by Gasteiger charge is 2.15. The van der Waals surface area contributed by atoms with Crippen LogP contribution in [0.2, 0.25) is 5.02 Å². The minimum absolute atomic E-state index is 0.0947. The number of benzene rings is 2. The summed E-state index contributed by atoms with van der Waals surface area (Å²) in [6, 6.07) is 11.3. The SMILES string of the molecule is OCCOc1n[nH]c2ncnc(Nc3ccc(OCc4cccc(F)c4)c(Cl)c3)c12. The van der Waals surface area contributed by atoms with Crippen molar-refractivity contribution in [1.29, 1.82) is 0 Å². The Morgan fingerprint density at radius 2 is 2.03 bits per heavy atom. The molecule has 0 aliphatic carbocycles. The van der Waals surface area contributed by atoms with Crippen molar-refractivity contribution in [3.63, 3.8) is 0 Å². The largest absolute Gasteiger partial charge is 0.487 e. The average Bonchev–Trinajstić information content (AvgIpc) is 3.16. The van der Waals surface area contributed by atoms with Crippen LogP contribution in [0.1, 0.15) is 5.56 Å². The number of anilines is 2. The van der Waals surface area contributed by atoms with Gasteiger partial charge < -0.3 is 19.9 Å². The topological polar surface area (TPSA) is 105 Å². The first-order chi connectivity index (χ1) is 14.6. The van der Waals surface area contributed by atoms with Crippen LogP contribution in [0.3, 0.4) is 0 Å². The van der Waals surface area contributed by atoms with Crippen molar-refractivity contribution < 1.29 is 19.0 Å². The Bertz CT molecular complexity index is 1170. The van der Waals surface area contributed by atoms with Gasteiger partial charge in [-0.3, -0.25) is 5.10 Å². The van der Waals surface area contributed by atoms with Crippen LogP contribution >= 0.6 is 11.6 Å². The summed E-state index contributed by atoms with van der Waals surface area (Å²) < 4.78 is 24.4. The standard InChI is InChI=1S/C20H17ClFN5O3/c21-15-9-14(4-5-16(15)30-10-12-2-1-3-13(22)8-12)25-18-17-19(24-11-23-18)26-27-20(17)29-7-6-28/h1-5,8-9,11,28H,6-7,10H2,(H2,23,24,25,26,27). The lowest BCUT2D eigenvalue weighted by atomic mass is 10.2. The van der Waals surface area contributed by atoms with E-state index in [1.165, 1.54) is 18.5 Å². The predicted molar refractivity (Wildman–Crippen MR) is 110 cm³/mol. The van der Waals surface area contributed by atoms with E-state index >= 15 is 0 Å². The maximum absolute atomic E-state index is 13.3. The predicted octanol–water partition coefficient (Wildman–Crippen LogP) is 3.84. The van der Waals surface area contributed by atoms with Gasteiger partial charge in [0, 0.05) is 5.69 Å². The van der Waals surface area contributed by atoms with E-state index in [-0.39, 0.29) is 31.5 Å².